The van der Waals surface area contributed by atoms with E-state index in [2.05, 4.69) is 6.07 Å². The summed E-state index contributed by atoms with van der Waals surface area (Å²) in [4.78, 5) is 28.6. The van der Waals surface area contributed by atoms with E-state index in [1.54, 1.807) is 11.8 Å². The Bertz CT molecular complexity index is 773. The molecule has 4 heteroatoms. The fourth-order valence-electron chi connectivity index (χ4n) is 3.68. The lowest BCUT2D eigenvalue weighted by Gasteiger charge is -2.32. The van der Waals surface area contributed by atoms with Crippen LogP contribution in [0.2, 0.25) is 0 Å². The first-order chi connectivity index (χ1) is 12.6. The van der Waals surface area contributed by atoms with E-state index in [0.29, 0.717) is 13.0 Å². The van der Waals surface area contributed by atoms with Gasteiger partial charge in [-0.1, -0.05) is 48.5 Å². The Morgan fingerprint density at radius 2 is 1.77 bits per heavy atom. The maximum atomic E-state index is 12.8. The maximum absolute atomic E-state index is 12.8. The fourth-order valence-corrected chi connectivity index (χ4v) is 3.68. The Hall–Kier alpha value is -2.62. The third-order valence-electron chi connectivity index (χ3n) is 5.13. The van der Waals surface area contributed by atoms with Gasteiger partial charge in [0.2, 0.25) is 11.8 Å². The van der Waals surface area contributed by atoms with Crippen molar-refractivity contribution in [2.24, 2.45) is 0 Å². The van der Waals surface area contributed by atoms with Crippen LogP contribution in [0.25, 0.3) is 0 Å². The third-order valence-corrected chi connectivity index (χ3v) is 5.13. The van der Waals surface area contributed by atoms with Crippen molar-refractivity contribution in [1.82, 2.24) is 4.90 Å². The summed E-state index contributed by atoms with van der Waals surface area (Å²) in [5.74, 6) is 0.0804. The minimum atomic E-state index is -0.0462. The summed E-state index contributed by atoms with van der Waals surface area (Å²) in [6.07, 6.45) is 2.34. The molecular formula is C22H26N2O2. The van der Waals surface area contributed by atoms with E-state index in [4.69, 9.17) is 0 Å². The summed E-state index contributed by atoms with van der Waals surface area (Å²) in [6, 6.07) is 18.0. The number of nitrogens with zero attached hydrogens (tertiary/aromatic N) is 2. The quantitative estimate of drug-likeness (QED) is 0.819. The van der Waals surface area contributed by atoms with E-state index < -0.39 is 0 Å². The van der Waals surface area contributed by atoms with Crippen LogP contribution in [0, 0.1) is 0 Å². The Morgan fingerprint density at radius 1 is 1.08 bits per heavy atom. The molecule has 1 aliphatic heterocycles. The first-order valence-electron chi connectivity index (χ1n) is 9.28. The topological polar surface area (TPSA) is 40.6 Å². The van der Waals surface area contributed by atoms with Crippen LogP contribution in [0.15, 0.2) is 54.6 Å². The molecule has 1 heterocycles. The molecule has 1 aliphatic rings. The van der Waals surface area contributed by atoms with Crippen molar-refractivity contribution in [1.29, 1.82) is 0 Å². The molecule has 1 unspecified atom stereocenters. The van der Waals surface area contributed by atoms with Gasteiger partial charge in [0.25, 0.3) is 0 Å². The number of carbonyl (C=O) groups is 2. The molecular weight excluding hydrogens is 324 g/mol. The second-order valence-corrected chi connectivity index (χ2v) is 6.83. The third kappa shape index (κ3) is 3.96. The normalized spacial score (nSPS) is 14.5. The van der Waals surface area contributed by atoms with Crippen LogP contribution >= 0.6 is 0 Å². The summed E-state index contributed by atoms with van der Waals surface area (Å²) in [5.41, 5.74) is 3.33. The van der Waals surface area contributed by atoms with Crippen LogP contribution in [-0.4, -0.2) is 29.8 Å². The molecule has 3 rings (SSSR count). The number of aryl methyl sites for hydroxylation is 1. The van der Waals surface area contributed by atoms with Crippen LogP contribution in [0.1, 0.15) is 43.9 Å². The lowest BCUT2D eigenvalue weighted by atomic mass is 10.0. The zero-order valence-corrected chi connectivity index (χ0v) is 15.5. The van der Waals surface area contributed by atoms with E-state index in [-0.39, 0.29) is 17.9 Å². The second-order valence-electron chi connectivity index (χ2n) is 6.83. The van der Waals surface area contributed by atoms with Gasteiger partial charge in [0.1, 0.15) is 0 Å². The highest BCUT2D eigenvalue weighted by atomic mass is 16.2. The van der Waals surface area contributed by atoms with Crippen LogP contribution in [0.3, 0.4) is 0 Å². The number of benzene rings is 2. The van der Waals surface area contributed by atoms with E-state index in [1.807, 2.05) is 60.4 Å². The number of hydrogen-bond donors (Lipinski definition) is 0. The minimum absolute atomic E-state index is 0.00630. The SMILES string of the molecule is CC(=O)N(CCC(=O)N1CCCc2ccccc21)C(C)c1ccccc1. The van der Waals surface area contributed by atoms with Gasteiger partial charge in [0.15, 0.2) is 0 Å². The van der Waals surface area contributed by atoms with Crippen LogP contribution in [-0.2, 0) is 16.0 Å². The average molecular weight is 350 g/mol. The Morgan fingerprint density at radius 3 is 2.50 bits per heavy atom. The predicted octanol–water partition coefficient (Wildman–Crippen LogP) is 3.97. The van der Waals surface area contributed by atoms with Gasteiger partial charge in [0.05, 0.1) is 6.04 Å². The summed E-state index contributed by atoms with van der Waals surface area (Å²) in [6.45, 7) is 4.77. The lowest BCUT2D eigenvalue weighted by Crippen LogP contribution is -2.39. The number of amides is 2. The summed E-state index contributed by atoms with van der Waals surface area (Å²) >= 11 is 0. The molecule has 0 saturated heterocycles. The minimum Gasteiger partial charge on any atom is -0.336 e. The second kappa shape index (κ2) is 8.17. The van der Waals surface area contributed by atoms with Crippen molar-refractivity contribution < 1.29 is 9.59 Å². The molecule has 1 atom stereocenters. The molecule has 2 amide bonds. The highest BCUT2D eigenvalue weighted by Crippen LogP contribution is 2.27. The Labute approximate surface area is 155 Å². The molecule has 0 N–H and O–H groups in total. The number of anilines is 1. The molecule has 0 bridgehead atoms. The number of hydrogen-bond acceptors (Lipinski definition) is 2. The van der Waals surface area contributed by atoms with Crippen molar-refractivity contribution in [3.63, 3.8) is 0 Å². The molecule has 0 spiro atoms. The van der Waals surface area contributed by atoms with Gasteiger partial charge in [-0.3, -0.25) is 9.59 Å². The Kier molecular flexibility index (Phi) is 5.71. The molecule has 2 aromatic rings. The van der Waals surface area contributed by atoms with Gasteiger partial charge in [0, 0.05) is 32.1 Å². The molecule has 0 aliphatic carbocycles. The highest BCUT2D eigenvalue weighted by Gasteiger charge is 2.24. The zero-order chi connectivity index (χ0) is 18.5. The standard InChI is InChI=1S/C22H26N2O2/c1-17(19-9-4-3-5-10-19)23(18(2)25)16-14-22(26)24-15-8-12-20-11-6-7-13-21(20)24/h3-7,9-11,13,17H,8,12,14-16H2,1-2H3. The maximum Gasteiger partial charge on any atom is 0.228 e. The average Bonchev–Trinajstić information content (AvgIpc) is 2.67. The molecule has 2 aromatic carbocycles. The van der Waals surface area contributed by atoms with E-state index in [1.165, 1.54) is 5.56 Å². The van der Waals surface area contributed by atoms with Crippen LogP contribution < -0.4 is 4.90 Å². The molecule has 0 fully saturated rings. The van der Waals surface area contributed by atoms with Crippen LogP contribution in [0.4, 0.5) is 5.69 Å². The first-order valence-corrected chi connectivity index (χ1v) is 9.28. The zero-order valence-electron chi connectivity index (χ0n) is 15.5. The monoisotopic (exact) mass is 350 g/mol. The molecule has 4 nitrogen and oxygen atoms in total. The first kappa shape index (κ1) is 18.2. The van der Waals surface area contributed by atoms with E-state index >= 15 is 0 Å². The summed E-state index contributed by atoms with van der Waals surface area (Å²) in [5, 5.41) is 0. The molecule has 0 saturated carbocycles. The van der Waals surface area contributed by atoms with Gasteiger partial charge >= 0.3 is 0 Å². The molecule has 26 heavy (non-hydrogen) atoms. The lowest BCUT2D eigenvalue weighted by molar-refractivity contribution is -0.131. The Balaban J connectivity index is 1.68. The van der Waals surface area contributed by atoms with E-state index in [0.717, 1.165) is 30.6 Å². The summed E-state index contributed by atoms with van der Waals surface area (Å²) in [7, 11) is 0. The fraction of sp³-hybridized carbons (Fsp3) is 0.364. The predicted molar refractivity (Wildman–Crippen MR) is 104 cm³/mol. The van der Waals surface area contributed by atoms with Gasteiger partial charge in [-0.05, 0) is 37.0 Å². The van der Waals surface area contributed by atoms with E-state index in [9.17, 15) is 9.59 Å². The van der Waals surface area contributed by atoms with Crippen molar-refractivity contribution >= 4 is 17.5 Å². The molecule has 136 valence electrons. The summed E-state index contributed by atoms with van der Waals surface area (Å²) < 4.78 is 0. The van der Waals surface area contributed by atoms with Crippen molar-refractivity contribution in [3.05, 3.63) is 65.7 Å². The molecule has 0 radical (unpaired) electrons. The van der Waals surface area contributed by atoms with Crippen molar-refractivity contribution in [2.75, 3.05) is 18.0 Å². The van der Waals surface area contributed by atoms with Crippen molar-refractivity contribution in [3.8, 4) is 0 Å². The van der Waals surface area contributed by atoms with Gasteiger partial charge in [-0.15, -0.1) is 0 Å². The highest BCUT2D eigenvalue weighted by molar-refractivity contribution is 5.94. The van der Waals surface area contributed by atoms with Gasteiger partial charge in [-0.2, -0.15) is 0 Å². The smallest absolute Gasteiger partial charge is 0.228 e. The number of para-hydroxylation sites is 1. The molecule has 0 aromatic heterocycles. The largest absolute Gasteiger partial charge is 0.336 e. The number of carbonyl (C=O) groups excluding carboxylic acids is 2. The van der Waals surface area contributed by atoms with Crippen LogP contribution in [0.5, 0.6) is 0 Å². The van der Waals surface area contributed by atoms with Crippen molar-refractivity contribution in [2.45, 2.75) is 39.2 Å². The van der Waals surface area contributed by atoms with Gasteiger partial charge in [-0.25, -0.2) is 0 Å². The number of fused-ring (bicyclic) bond motifs is 1. The number of rotatable bonds is 5. The van der Waals surface area contributed by atoms with Gasteiger partial charge < -0.3 is 9.80 Å².